The molecule has 0 radical (unpaired) electrons. The predicted molar refractivity (Wildman–Crippen MR) is 85.4 cm³/mol. The molecule has 1 N–H and O–H groups in total. The van der Waals surface area contributed by atoms with Crippen LogP contribution in [0.25, 0.3) is 0 Å². The summed E-state index contributed by atoms with van der Waals surface area (Å²) in [5.74, 6) is 0.619. The summed E-state index contributed by atoms with van der Waals surface area (Å²) >= 11 is 0. The number of nitrogens with one attached hydrogen (secondary N) is 1. The maximum atomic E-state index is 6.03. The number of rotatable bonds is 3. The smallest absolute Gasteiger partial charge is 0.0796 e. The van der Waals surface area contributed by atoms with Gasteiger partial charge in [0.1, 0.15) is 0 Å². The highest BCUT2D eigenvalue weighted by molar-refractivity contribution is 5.51. The monoisotopic (exact) mass is 275 g/mol. The number of ether oxygens (including phenoxy) is 1. The van der Waals surface area contributed by atoms with Crippen molar-refractivity contribution in [1.82, 2.24) is 5.32 Å². The fourth-order valence-corrected chi connectivity index (χ4v) is 3.61. The fourth-order valence-electron chi connectivity index (χ4n) is 3.61. The Morgan fingerprint density at radius 2 is 1.45 bits per heavy atom. The Bertz CT molecular complexity index is 478. The van der Waals surface area contributed by atoms with Gasteiger partial charge in [-0.05, 0) is 87.4 Å². The zero-order valence-electron chi connectivity index (χ0n) is 14.1. The van der Waals surface area contributed by atoms with Gasteiger partial charge in [-0.2, -0.15) is 0 Å². The van der Waals surface area contributed by atoms with Crippen molar-refractivity contribution >= 4 is 0 Å². The van der Waals surface area contributed by atoms with Crippen molar-refractivity contribution < 1.29 is 4.74 Å². The van der Waals surface area contributed by atoms with Crippen molar-refractivity contribution in [1.29, 1.82) is 0 Å². The van der Waals surface area contributed by atoms with E-state index in [2.05, 4.69) is 53.9 Å². The Hall–Kier alpha value is -0.860. The predicted octanol–water partition coefficient (Wildman–Crippen LogP) is 3.91. The first-order valence-corrected chi connectivity index (χ1v) is 7.75. The van der Waals surface area contributed by atoms with E-state index in [0.717, 1.165) is 6.61 Å². The summed E-state index contributed by atoms with van der Waals surface area (Å²) in [5, 5.41) is 3.52. The molecule has 0 aromatic heterocycles. The second-order valence-corrected chi connectivity index (χ2v) is 6.41. The third-order valence-corrected chi connectivity index (χ3v) is 5.45. The van der Waals surface area contributed by atoms with E-state index in [4.69, 9.17) is 4.74 Å². The van der Waals surface area contributed by atoms with E-state index in [1.54, 1.807) is 0 Å². The van der Waals surface area contributed by atoms with Crippen LogP contribution >= 0.6 is 0 Å². The van der Waals surface area contributed by atoms with Crippen LogP contribution in [-0.2, 0) is 4.74 Å². The average Bonchev–Trinajstić information content (AvgIpc) is 2.85. The Kier molecular flexibility index (Phi) is 4.55. The first-order chi connectivity index (χ1) is 9.40. The average molecular weight is 275 g/mol. The van der Waals surface area contributed by atoms with Crippen molar-refractivity contribution in [3.63, 3.8) is 0 Å². The molecule has 0 aliphatic carbocycles. The van der Waals surface area contributed by atoms with Crippen LogP contribution in [0.5, 0.6) is 0 Å². The maximum Gasteiger partial charge on any atom is 0.0796 e. The molecule has 2 heteroatoms. The van der Waals surface area contributed by atoms with Gasteiger partial charge in [0.05, 0.1) is 12.1 Å². The number of likely N-dealkylation sites (N-methyl/N-ethyl adjacent to an activating group) is 1. The Balaban J connectivity index is 2.55. The van der Waals surface area contributed by atoms with Crippen molar-refractivity contribution in [2.24, 2.45) is 5.92 Å². The van der Waals surface area contributed by atoms with Crippen LogP contribution in [0.15, 0.2) is 0 Å². The summed E-state index contributed by atoms with van der Waals surface area (Å²) in [5.41, 5.74) is 8.58. The van der Waals surface area contributed by atoms with Gasteiger partial charge in [0.2, 0.25) is 0 Å². The molecule has 1 aliphatic heterocycles. The third kappa shape index (κ3) is 2.40. The molecular formula is C18H29NO. The lowest BCUT2D eigenvalue weighted by Gasteiger charge is -2.31. The molecule has 1 aromatic carbocycles. The van der Waals surface area contributed by atoms with Crippen LogP contribution in [0.1, 0.15) is 52.8 Å². The highest BCUT2D eigenvalue weighted by atomic mass is 16.5. The summed E-state index contributed by atoms with van der Waals surface area (Å²) in [6.07, 6.45) is 1.46. The molecule has 2 nitrogen and oxygen atoms in total. The van der Waals surface area contributed by atoms with Crippen LogP contribution in [0.4, 0.5) is 0 Å². The van der Waals surface area contributed by atoms with Gasteiger partial charge in [-0.1, -0.05) is 6.92 Å². The van der Waals surface area contributed by atoms with Gasteiger partial charge in [-0.25, -0.2) is 0 Å². The summed E-state index contributed by atoms with van der Waals surface area (Å²) in [6, 6.07) is 0.297. The molecule has 0 amide bonds. The molecule has 3 unspecified atom stereocenters. The van der Waals surface area contributed by atoms with Crippen LogP contribution in [-0.4, -0.2) is 19.8 Å². The highest BCUT2D eigenvalue weighted by Crippen LogP contribution is 2.37. The van der Waals surface area contributed by atoms with E-state index in [0.29, 0.717) is 18.1 Å². The van der Waals surface area contributed by atoms with Crippen molar-refractivity contribution in [2.45, 2.75) is 60.1 Å². The molecule has 0 bridgehead atoms. The molecule has 2 rings (SSSR count). The molecule has 1 saturated heterocycles. The Morgan fingerprint density at radius 3 is 1.85 bits per heavy atom. The quantitative estimate of drug-likeness (QED) is 0.903. The van der Waals surface area contributed by atoms with Crippen LogP contribution in [0, 0.1) is 40.5 Å². The van der Waals surface area contributed by atoms with E-state index < -0.39 is 0 Å². The van der Waals surface area contributed by atoms with E-state index in [9.17, 15) is 0 Å². The normalized spacial score (nSPS) is 24.1. The van der Waals surface area contributed by atoms with Crippen LogP contribution < -0.4 is 5.32 Å². The zero-order chi connectivity index (χ0) is 15.0. The van der Waals surface area contributed by atoms with Crippen LogP contribution in [0.3, 0.4) is 0 Å². The van der Waals surface area contributed by atoms with E-state index in [-0.39, 0.29) is 0 Å². The van der Waals surface area contributed by atoms with E-state index in [1.807, 2.05) is 0 Å². The van der Waals surface area contributed by atoms with Gasteiger partial charge in [0.25, 0.3) is 0 Å². The molecule has 112 valence electrons. The first-order valence-electron chi connectivity index (χ1n) is 7.75. The fraction of sp³-hybridized carbons (Fsp3) is 0.667. The molecule has 1 fully saturated rings. The summed E-state index contributed by atoms with van der Waals surface area (Å²) < 4.78 is 6.03. The minimum atomic E-state index is 0.291. The van der Waals surface area contributed by atoms with Crippen molar-refractivity contribution in [2.75, 3.05) is 13.7 Å². The largest absolute Gasteiger partial charge is 0.376 e. The first kappa shape index (κ1) is 15.5. The molecule has 1 aromatic rings. The maximum absolute atomic E-state index is 6.03. The number of hydrogen-bond acceptors (Lipinski definition) is 2. The lowest BCUT2D eigenvalue weighted by molar-refractivity contribution is 0.0627. The minimum absolute atomic E-state index is 0.291. The third-order valence-electron chi connectivity index (χ3n) is 5.45. The highest BCUT2D eigenvalue weighted by Gasteiger charge is 2.34. The van der Waals surface area contributed by atoms with E-state index >= 15 is 0 Å². The number of hydrogen-bond donors (Lipinski definition) is 1. The standard InChI is InChI=1S/C18H29NO/c1-10-8-9-20-18(10)17(19-7)16-14(5)12(3)11(2)13(4)15(16)6/h10,17-19H,8-9H2,1-7H3. The molecule has 20 heavy (non-hydrogen) atoms. The van der Waals surface area contributed by atoms with Gasteiger partial charge in [-0.3, -0.25) is 0 Å². The summed E-state index contributed by atoms with van der Waals surface area (Å²) in [7, 11) is 2.06. The second-order valence-electron chi connectivity index (χ2n) is 6.41. The van der Waals surface area contributed by atoms with Crippen LogP contribution in [0.2, 0.25) is 0 Å². The zero-order valence-corrected chi connectivity index (χ0v) is 14.1. The molecular weight excluding hydrogens is 246 g/mol. The van der Waals surface area contributed by atoms with Gasteiger partial charge in [0, 0.05) is 6.61 Å². The lowest BCUT2D eigenvalue weighted by atomic mass is 9.82. The molecule has 1 heterocycles. The van der Waals surface area contributed by atoms with Gasteiger partial charge in [-0.15, -0.1) is 0 Å². The summed E-state index contributed by atoms with van der Waals surface area (Å²) in [6.45, 7) is 14.4. The molecule has 3 atom stereocenters. The van der Waals surface area contributed by atoms with E-state index in [1.165, 1.54) is 39.8 Å². The molecule has 0 spiro atoms. The van der Waals surface area contributed by atoms with Gasteiger partial charge >= 0.3 is 0 Å². The Morgan fingerprint density at radius 1 is 0.950 bits per heavy atom. The second kappa shape index (κ2) is 5.87. The van der Waals surface area contributed by atoms with Gasteiger partial charge in [0.15, 0.2) is 0 Å². The van der Waals surface area contributed by atoms with Crippen molar-refractivity contribution in [3.05, 3.63) is 33.4 Å². The SMILES string of the molecule is CNC(c1c(C)c(C)c(C)c(C)c1C)C1OCCC1C. The Labute approximate surface area is 123 Å². The topological polar surface area (TPSA) is 21.3 Å². The van der Waals surface area contributed by atoms with Gasteiger partial charge < -0.3 is 10.1 Å². The lowest BCUT2D eigenvalue weighted by Crippen LogP contribution is -2.34. The summed E-state index contributed by atoms with van der Waals surface area (Å²) in [4.78, 5) is 0. The molecule has 1 aliphatic rings. The van der Waals surface area contributed by atoms with Crippen molar-refractivity contribution in [3.8, 4) is 0 Å². The number of benzene rings is 1. The molecule has 0 saturated carbocycles. The minimum Gasteiger partial charge on any atom is -0.376 e.